The van der Waals surface area contributed by atoms with Gasteiger partial charge in [-0.3, -0.25) is 9.59 Å². The summed E-state index contributed by atoms with van der Waals surface area (Å²) in [6.45, 7) is 3.92. The molecule has 1 aromatic rings. The molecule has 0 aromatic heterocycles. The Morgan fingerprint density at radius 3 is 2.40 bits per heavy atom. The Morgan fingerprint density at radius 2 is 1.80 bits per heavy atom. The van der Waals surface area contributed by atoms with Crippen LogP contribution in [0.25, 0.3) is 0 Å². The molecule has 1 atom stereocenters. The number of nitrogens with zero attached hydrogens (tertiary/aromatic N) is 2. The number of hydrogen-bond acceptors (Lipinski definition) is 4. The number of unbranched alkanes of at least 4 members (excludes halogenated alkanes) is 1. The lowest BCUT2D eigenvalue weighted by Gasteiger charge is -2.36. The summed E-state index contributed by atoms with van der Waals surface area (Å²) in [7, 11) is -3.03. The quantitative estimate of drug-likeness (QED) is 0.630. The van der Waals surface area contributed by atoms with E-state index in [1.54, 1.807) is 0 Å². The molecule has 2 aliphatic rings. The first-order valence-corrected chi connectivity index (χ1v) is 13.0. The fourth-order valence-electron chi connectivity index (χ4n) is 4.49. The summed E-state index contributed by atoms with van der Waals surface area (Å²) in [6, 6.07) is 9.82. The highest BCUT2D eigenvalue weighted by Crippen LogP contribution is 2.25. The zero-order valence-corrected chi connectivity index (χ0v) is 18.8. The van der Waals surface area contributed by atoms with Gasteiger partial charge in [-0.1, -0.05) is 43.7 Å². The number of likely N-dealkylation sites (tertiary alicyclic amines) is 1. The number of hydrogen-bond donors (Lipinski definition) is 0. The zero-order valence-electron chi connectivity index (χ0n) is 18.0. The maximum Gasteiger partial charge on any atom is 0.226 e. The van der Waals surface area contributed by atoms with Crippen LogP contribution in [-0.4, -0.2) is 67.2 Å². The summed E-state index contributed by atoms with van der Waals surface area (Å²) in [5, 5.41) is 0. The molecule has 7 heteroatoms. The van der Waals surface area contributed by atoms with Crippen molar-refractivity contribution in [3.05, 3.63) is 35.9 Å². The van der Waals surface area contributed by atoms with E-state index in [2.05, 4.69) is 6.92 Å². The highest BCUT2D eigenvalue weighted by atomic mass is 32.2. The predicted molar refractivity (Wildman–Crippen MR) is 118 cm³/mol. The third-order valence-electron chi connectivity index (χ3n) is 6.35. The van der Waals surface area contributed by atoms with Gasteiger partial charge in [-0.25, -0.2) is 8.42 Å². The molecule has 0 bridgehead atoms. The van der Waals surface area contributed by atoms with Gasteiger partial charge in [-0.15, -0.1) is 0 Å². The molecule has 0 N–H and O–H groups in total. The number of benzene rings is 1. The van der Waals surface area contributed by atoms with E-state index < -0.39 is 9.84 Å². The molecule has 166 valence electrons. The van der Waals surface area contributed by atoms with Gasteiger partial charge in [0, 0.05) is 38.0 Å². The summed E-state index contributed by atoms with van der Waals surface area (Å²) >= 11 is 0. The average molecular weight is 435 g/mol. The van der Waals surface area contributed by atoms with E-state index in [1.165, 1.54) is 0 Å². The number of carbonyl (C=O) groups is 2. The largest absolute Gasteiger partial charge is 0.343 e. The molecule has 0 radical (unpaired) electrons. The van der Waals surface area contributed by atoms with Crippen molar-refractivity contribution in [2.75, 3.05) is 31.1 Å². The molecule has 1 unspecified atom stereocenters. The lowest BCUT2D eigenvalue weighted by molar-refractivity contribution is -0.142. The van der Waals surface area contributed by atoms with Gasteiger partial charge in [-0.05, 0) is 37.7 Å². The van der Waals surface area contributed by atoms with Gasteiger partial charge in [-0.2, -0.15) is 0 Å². The molecule has 1 aromatic carbocycles. The molecule has 2 amide bonds. The SMILES string of the molecule is CCCCN(C(=O)C1CCN(C(=O)CCc2ccccc2)CC1)C1CCS(=O)(=O)C1. The predicted octanol–water partition coefficient (Wildman–Crippen LogP) is 2.67. The zero-order chi connectivity index (χ0) is 21.6. The number of amides is 2. The molecule has 2 heterocycles. The maximum absolute atomic E-state index is 13.2. The Bertz CT molecular complexity index is 817. The number of piperidine rings is 1. The Balaban J connectivity index is 1.51. The molecule has 6 nitrogen and oxygen atoms in total. The van der Waals surface area contributed by atoms with Crippen LogP contribution >= 0.6 is 0 Å². The van der Waals surface area contributed by atoms with Crippen molar-refractivity contribution in [2.45, 2.75) is 57.9 Å². The normalized spacial score (nSPS) is 21.5. The number of sulfone groups is 1. The Kier molecular flexibility index (Phi) is 7.92. The molecule has 3 rings (SSSR count). The van der Waals surface area contributed by atoms with Crippen molar-refractivity contribution < 1.29 is 18.0 Å². The van der Waals surface area contributed by atoms with Crippen LogP contribution in [0.2, 0.25) is 0 Å². The fourth-order valence-corrected chi connectivity index (χ4v) is 6.22. The van der Waals surface area contributed by atoms with Gasteiger partial charge in [0.05, 0.1) is 11.5 Å². The van der Waals surface area contributed by atoms with E-state index >= 15 is 0 Å². The first-order chi connectivity index (χ1) is 14.4. The molecule has 0 saturated carbocycles. The van der Waals surface area contributed by atoms with Gasteiger partial charge in [0.1, 0.15) is 0 Å². The molecule has 2 aliphatic heterocycles. The van der Waals surface area contributed by atoms with Crippen LogP contribution in [0.5, 0.6) is 0 Å². The van der Waals surface area contributed by atoms with E-state index in [0.29, 0.717) is 45.3 Å². The first-order valence-electron chi connectivity index (χ1n) is 11.2. The van der Waals surface area contributed by atoms with E-state index in [-0.39, 0.29) is 35.3 Å². The van der Waals surface area contributed by atoms with Crippen molar-refractivity contribution in [1.29, 1.82) is 0 Å². The minimum Gasteiger partial charge on any atom is -0.343 e. The molecule has 0 aliphatic carbocycles. The van der Waals surface area contributed by atoms with Gasteiger partial charge >= 0.3 is 0 Å². The summed E-state index contributed by atoms with van der Waals surface area (Å²) in [4.78, 5) is 29.5. The first kappa shape index (κ1) is 22.8. The van der Waals surface area contributed by atoms with Crippen LogP contribution in [0.4, 0.5) is 0 Å². The van der Waals surface area contributed by atoms with E-state index in [4.69, 9.17) is 0 Å². The van der Waals surface area contributed by atoms with Gasteiger partial charge in [0.15, 0.2) is 9.84 Å². The van der Waals surface area contributed by atoms with Crippen molar-refractivity contribution in [3.8, 4) is 0 Å². The van der Waals surface area contributed by atoms with Crippen molar-refractivity contribution >= 4 is 21.7 Å². The molecule has 2 saturated heterocycles. The third kappa shape index (κ3) is 6.06. The summed E-state index contributed by atoms with van der Waals surface area (Å²) < 4.78 is 23.8. The summed E-state index contributed by atoms with van der Waals surface area (Å²) in [6.07, 6.45) is 4.96. The van der Waals surface area contributed by atoms with Crippen LogP contribution in [0.3, 0.4) is 0 Å². The van der Waals surface area contributed by atoms with Crippen LogP contribution in [0.15, 0.2) is 30.3 Å². The Morgan fingerprint density at radius 1 is 1.10 bits per heavy atom. The lowest BCUT2D eigenvalue weighted by atomic mass is 9.94. The molecule has 0 spiro atoms. The Labute approximate surface area is 180 Å². The molecule has 2 fully saturated rings. The van der Waals surface area contributed by atoms with Gasteiger partial charge in [0.2, 0.25) is 11.8 Å². The topological polar surface area (TPSA) is 74.8 Å². The monoisotopic (exact) mass is 434 g/mol. The van der Waals surface area contributed by atoms with Crippen molar-refractivity contribution in [1.82, 2.24) is 9.80 Å². The van der Waals surface area contributed by atoms with Crippen molar-refractivity contribution in [3.63, 3.8) is 0 Å². The van der Waals surface area contributed by atoms with Crippen LogP contribution < -0.4 is 0 Å². The van der Waals surface area contributed by atoms with E-state index in [9.17, 15) is 18.0 Å². The van der Waals surface area contributed by atoms with Crippen molar-refractivity contribution in [2.24, 2.45) is 5.92 Å². The summed E-state index contributed by atoms with van der Waals surface area (Å²) in [5.74, 6) is 0.404. The second-order valence-corrected chi connectivity index (χ2v) is 10.8. The van der Waals surface area contributed by atoms with Gasteiger partial charge < -0.3 is 9.80 Å². The van der Waals surface area contributed by atoms with Gasteiger partial charge in [0.25, 0.3) is 0 Å². The number of aryl methyl sites for hydroxylation is 1. The Hall–Kier alpha value is -1.89. The standard InChI is InChI=1S/C23H34N2O4S/c1-2-3-14-25(21-13-17-30(28,29)18-21)23(27)20-11-15-24(16-12-20)22(26)10-9-19-7-5-4-6-8-19/h4-8,20-21H,2-3,9-18H2,1H3. The van der Waals surface area contributed by atoms with Crippen LogP contribution in [-0.2, 0) is 25.8 Å². The fraction of sp³-hybridized carbons (Fsp3) is 0.652. The van der Waals surface area contributed by atoms with E-state index in [0.717, 1.165) is 24.8 Å². The molecule has 30 heavy (non-hydrogen) atoms. The second kappa shape index (κ2) is 10.4. The lowest BCUT2D eigenvalue weighted by Crippen LogP contribution is -2.48. The second-order valence-electron chi connectivity index (χ2n) is 8.58. The number of rotatable bonds is 8. The third-order valence-corrected chi connectivity index (χ3v) is 8.10. The highest BCUT2D eigenvalue weighted by Gasteiger charge is 2.37. The molecular formula is C23H34N2O4S. The molecular weight excluding hydrogens is 400 g/mol. The van der Waals surface area contributed by atoms with Crippen LogP contribution in [0, 0.1) is 5.92 Å². The minimum absolute atomic E-state index is 0.0851. The maximum atomic E-state index is 13.2. The summed E-state index contributed by atoms with van der Waals surface area (Å²) in [5.41, 5.74) is 1.16. The van der Waals surface area contributed by atoms with Crippen LogP contribution in [0.1, 0.15) is 51.0 Å². The minimum atomic E-state index is -3.03. The van der Waals surface area contributed by atoms with E-state index in [1.807, 2.05) is 40.1 Å². The smallest absolute Gasteiger partial charge is 0.226 e. The number of carbonyl (C=O) groups excluding carboxylic acids is 2. The average Bonchev–Trinajstić information content (AvgIpc) is 3.12. The highest BCUT2D eigenvalue weighted by molar-refractivity contribution is 7.91.